The summed E-state index contributed by atoms with van der Waals surface area (Å²) >= 11 is 0. The van der Waals surface area contributed by atoms with Crippen LogP contribution in [0.2, 0.25) is 0 Å². The first-order chi connectivity index (χ1) is 7.90. The minimum absolute atomic E-state index is 0.178. The van der Waals surface area contributed by atoms with Crippen LogP contribution in [0.3, 0.4) is 0 Å². The molecule has 0 aliphatic carbocycles. The predicted molar refractivity (Wildman–Crippen MR) is 57.7 cm³/mol. The first-order valence-corrected chi connectivity index (χ1v) is 4.81. The number of nitrogens with zero attached hydrogens (tertiary/aromatic N) is 1. The van der Waals surface area contributed by atoms with Crippen molar-refractivity contribution in [3.63, 3.8) is 0 Å². The quantitative estimate of drug-likeness (QED) is 0.814. The Morgan fingerprint density at radius 3 is 2.35 bits per heavy atom. The number of methoxy groups -OCH3 is 1. The van der Waals surface area contributed by atoms with Crippen LogP contribution in [-0.4, -0.2) is 32.3 Å². The van der Waals surface area contributed by atoms with E-state index in [9.17, 15) is 18.7 Å². The topological polar surface area (TPSA) is 49.8 Å². The highest BCUT2D eigenvalue weighted by molar-refractivity contribution is 5.79. The van der Waals surface area contributed by atoms with E-state index in [0.29, 0.717) is 0 Å². The number of aliphatic hydroxyl groups excluding tert-OH is 1. The highest BCUT2D eigenvalue weighted by Crippen LogP contribution is 2.31. The van der Waals surface area contributed by atoms with Crippen molar-refractivity contribution in [1.82, 2.24) is 0 Å². The van der Waals surface area contributed by atoms with E-state index >= 15 is 0 Å². The lowest BCUT2D eigenvalue weighted by Gasteiger charge is -2.21. The number of esters is 1. The maximum absolute atomic E-state index is 13.6. The molecule has 0 aliphatic rings. The Morgan fingerprint density at radius 2 is 1.88 bits per heavy atom. The molecule has 0 spiro atoms. The van der Waals surface area contributed by atoms with Crippen molar-refractivity contribution in [3.8, 4) is 0 Å². The van der Waals surface area contributed by atoms with Crippen molar-refractivity contribution in [2.45, 2.75) is 6.10 Å². The molecule has 17 heavy (non-hydrogen) atoms. The summed E-state index contributed by atoms with van der Waals surface area (Å²) in [7, 11) is 4.01. The fourth-order valence-corrected chi connectivity index (χ4v) is 1.50. The molecular weight excluding hydrogens is 232 g/mol. The highest BCUT2D eigenvalue weighted by atomic mass is 19.1. The molecule has 94 valence electrons. The van der Waals surface area contributed by atoms with E-state index < -0.39 is 29.3 Å². The molecule has 1 unspecified atom stereocenters. The van der Waals surface area contributed by atoms with Gasteiger partial charge in [0.15, 0.2) is 6.10 Å². The van der Waals surface area contributed by atoms with Gasteiger partial charge in [-0.1, -0.05) is 0 Å². The van der Waals surface area contributed by atoms with Crippen molar-refractivity contribution >= 4 is 11.7 Å². The van der Waals surface area contributed by atoms with Crippen molar-refractivity contribution in [1.29, 1.82) is 0 Å². The third-order valence-corrected chi connectivity index (χ3v) is 2.26. The molecule has 0 fully saturated rings. The molecule has 4 nitrogen and oxygen atoms in total. The van der Waals surface area contributed by atoms with Gasteiger partial charge < -0.3 is 14.7 Å². The molecule has 0 bridgehead atoms. The first-order valence-electron chi connectivity index (χ1n) is 4.81. The van der Waals surface area contributed by atoms with E-state index in [1.807, 2.05) is 0 Å². The van der Waals surface area contributed by atoms with Gasteiger partial charge in [0, 0.05) is 14.1 Å². The molecule has 1 N–H and O–H groups in total. The van der Waals surface area contributed by atoms with Gasteiger partial charge >= 0.3 is 5.97 Å². The fraction of sp³-hybridized carbons (Fsp3) is 0.364. The lowest BCUT2D eigenvalue weighted by Crippen LogP contribution is -2.21. The van der Waals surface area contributed by atoms with E-state index in [1.165, 1.54) is 19.0 Å². The van der Waals surface area contributed by atoms with E-state index in [4.69, 9.17) is 0 Å². The van der Waals surface area contributed by atoms with Crippen molar-refractivity contribution in [3.05, 3.63) is 29.3 Å². The summed E-state index contributed by atoms with van der Waals surface area (Å²) in [5, 5.41) is 9.62. The lowest BCUT2D eigenvalue weighted by molar-refractivity contribution is -0.150. The van der Waals surface area contributed by atoms with Gasteiger partial charge in [-0.2, -0.15) is 0 Å². The van der Waals surface area contributed by atoms with Gasteiger partial charge in [0.25, 0.3) is 0 Å². The second-order valence-electron chi connectivity index (χ2n) is 3.61. The standard InChI is InChI=1S/C11H13F2NO3/c1-14(2)9-7(13)5-4-6(12)8(9)10(15)11(16)17-3/h4-5,10,15H,1-3H3. The molecule has 0 radical (unpaired) electrons. The number of rotatable bonds is 3. The number of aliphatic hydroxyl groups is 1. The Morgan fingerprint density at radius 1 is 1.35 bits per heavy atom. The Hall–Kier alpha value is -1.69. The number of carbonyl (C=O) groups is 1. The molecule has 1 aromatic rings. The molecule has 0 saturated heterocycles. The molecule has 6 heteroatoms. The zero-order chi connectivity index (χ0) is 13.2. The fourth-order valence-electron chi connectivity index (χ4n) is 1.50. The number of halogens is 2. The van der Waals surface area contributed by atoms with Gasteiger partial charge in [-0.3, -0.25) is 0 Å². The summed E-state index contributed by atoms with van der Waals surface area (Å²) in [6.45, 7) is 0. The maximum Gasteiger partial charge on any atom is 0.339 e. The zero-order valence-electron chi connectivity index (χ0n) is 9.70. The molecule has 0 aromatic heterocycles. The second kappa shape index (κ2) is 5.09. The van der Waals surface area contributed by atoms with Crippen LogP contribution >= 0.6 is 0 Å². The summed E-state index contributed by atoms with van der Waals surface area (Å²) in [6, 6.07) is 1.78. The first kappa shape index (κ1) is 13.4. The Bertz CT molecular complexity index is 435. The van der Waals surface area contributed by atoms with Gasteiger partial charge in [-0.25, -0.2) is 13.6 Å². The zero-order valence-corrected chi connectivity index (χ0v) is 9.70. The van der Waals surface area contributed by atoms with Gasteiger partial charge in [-0.05, 0) is 12.1 Å². The number of benzene rings is 1. The van der Waals surface area contributed by atoms with E-state index in [0.717, 1.165) is 19.2 Å². The largest absolute Gasteiger partial charge is 0.467 e. The van der Waals surface area contributed by atoms with Crippen LogP contribution < -0.4 is 4.90 Å². The van der Waals surface area contributed by atoms with E-state index in [1.54, 1.807) is 0 Å². The molecule has 1 rings (SSSR count). The van der Waals surface area contributed by atoms with Crippen LogP contribution in [0.25, 0.3) is 0 Å². The molecule has 0 amide bonds. The van der Waals surface area contributed by atoms with Crippen molar-refractivity contribution < 1.29 is 23.4 Å². The van der Waals surface area contributed by atoms with Gasteiger partial charge in [0.2, 0.25) is 0 Å². The SMILES string of the molecule is COC(=O)C(O)c1c(F)ccc(F)c1N(C)C. The van der Waals surface area contributed by atoms with Crippen LogP contribution in [0.4, 0.5) is 14.5 Å². The van der Waals surface area contributed by atoms with Crippen molar-refractivity contribution in [2.75, 3.05) is 26.1 Å². The number of hydrogen-bond acceptors (Lipinski definition) is 4. The second-order valence-corrected chi connectivity index (χ2v) is 3.61. The molecule has 0 saturated carbocycles. The van der Waals surface area contributed by atoms with Crippen LogP contribution in [-0.2, 0) is 9.53 Å². The Labute approximate surface area is 97.4 Å². The summed E-state index contributed by atoms with van der Waals surface area (Å²) in [5.41, 5.74) is -0.607. The molecule has 0 heterocycles. The van der Waals surface area contributed by atoms with E-state index in [2.05, 4.69) is 4.74 Å². The minimum Gasteiger partial charge on any atom is -0.467 e. The van der Waals surface area contributed by atoms with Gasteiger partial charge in [0.1, 0.15) is 11.6 Å². The average Bonchev–Trinajstić information content (AvgIpc) is 2.29. The predicted octanol–water partition coefficient (Wildman–Crippen LogP) is 1.24. The normalized spacial score (nSPS) is 12.1. The number of anilines is 1. The monoisotopic (exact) mass is 245 g/mol. The summed E-state index contributed by atoms with van der Waals surface area (Å²) in [4.78, 5) is 12.4. The summed E-state index contributed by atoms with van der Waals surface area (Å²) < 4.78 is 31.4. The number of hydrogen-bond donors (Lipinski definition) is 1. The summed E-state index contributed by atoms with van der Waals surface area (Å²) in [5.74, 6) is -2.64. The highest BCUT2D eigenvalue weighted by Gasteiger charge is 2.27. The minimum atomic E-state index is -1.85. The Balaban J connectivity index is 3.39. The number of carbonyl (C=O) groups excluding carboxylic acids is 1. The van der Waals surface area contributed by atoms with Crippen LogP contribution in [0.1, 0.15) is 11.7 Å². The third-order valence-electron chi connectivity index (χ3n) is 2.26. The lowest BCUT2D eigenvalue weighted by atomic mass is 10.1. The van der Waals surface area contributed by atoms with E-state index in [-0.39, 0.29) is 5.69 Å². The molecule has 1 aromatic carbocycles. The average molecular weight is 245 g/mol. The maximum atomic E-state index is 13.6. The molecule has 1 atom stereocenters. The summed E-state index contributed by atoms with van der Waals surface area (Å²) in [6.07, 6.45) is -1.85. The smallest absolute Gasteiger partial charge is 0.339 e. The number of ether oxygens (including phenoxy) is 1. The Kier molecular flexibility index (Phi) is 4.01. The van der Waals surface area contributed by atoms with Crippen LogP contribution in [0, 0.1) is 11.6 Å². The van der Waals surface area contributed by atoms with Crippen LogP contribution in [0.5, 0.6) is 0 Å². The van der Waals surface area contributed by atoms with Crippen molar-refractivity contribution in [2.24, 2.45) is 0 Å². The van der Waals surface area contributed by atoms with Crippen LogP contribution in [0.15, 0.2) is 12.1 Å². The van der Waals surface area contributed by atoms with Gasteiger partial charge in [0.05, 0.1) is 18.4 Å². The molecular formula is C11H13F2NO3. The third kappa shape index (κ3) is 2.52. The van der Waals surface area contributed by atoms with Gasteiger partial charge in [-0.15, -0.1) is 0 Å². The molecule has 0 aliphatic heterocycles.